The topological polar surface area (TPSA) is 45.2 Å². The first-order valence-electron chi connectivity index (χ1n) is 8.71. The van der Waals surface area contributed by atoms with E-state index in [0.29, 0.717) is 0 Å². The number of aryl methyl sites for hydroxylation is 1. The quantitative estimate of drug-likeness (QED) is 0.705. The highest BCUT2D eigenvalue weighted by Gasteiger charge is 2.20. The Morgan fingerprint density at radius 3 is 2.27 bits per heavy atom. The van der Waals surface area contributed by atoms with Crippen LogP contribution >= 0.6 is 11.6 Å². The number of nitrogens with zero attached hydrogens (tertiary/aromatic N) is 5. The van der Waals surface area contributed by atoms with Crippen molar-refractivity contribution in [1.29, 1.82) is 0 Å². The van der Waals surface area contributed by atoms with Gasteiger partial charge >= 0.3 is 0 Å². The number of hydrogen-bond donors (Lipinski definition) is 0. The van der Waals surface area contributed by atoms with Gasteiger partial charge in [0.05, 0.1) is 5.69 Å². The molecule has 0 radical (unpaired) electrons. The van der Waals surface area contributed by atoms with Gasteiger partial charge in [-0.1, -0.05) is 29.8 Å². The van der Waals surface area contributed by atoms with Gasteiger partial charge in [0.2, 0.25) is 5.95 Å². The highest BCUT2D eigenvalue weighted by molar-refractivity contribution is 6.30. The van der Waals surface area contributed by atoms with Crippen molar-refractivity contribution >= 4 is 23.4 Å². The largest absolute Gasteiger partial charge is 0.353 e. The average Bonchev–Trinajstić information content (AvgIpc) is 2.70. The number of anilines is 2. The Morgan fingerprint density at radius 2 is 1.62 bits per heavy atom. The number of halogens is 1. The van der Waals surface area contributed by atoms with Crippen LogP contribution in [-0.4, -0.2) is 41.1 Å². The van der Waals surface area contributed by atoms with Crippen LogP contribution in [-0.2, 0) is 0 Å². The van der Waals surface area contributed by atoms with E-state index in [4.69, 9.17) is 16.6 Å². The van der Waals surface area contributed by atoms with E-state index < -0.39 is 0 Å². The molecular weight excluding hydrogens is 346 g/mol. The lowest BCUT2D eigenvalue weighted by Crippen LogP contribution is -2.47. The van der Waals surface area contributed by atoms with Crippen LogP contribution in [0.5, 0.6) is 0 Å². The first-order valence-corrected chi connectivity index (χ1v) is 9.09. The second kappa shape index (κ2) is 7.30. The molecule has 1 aromatic carbocycles. The Hall–Kier alpha value is -2.66. The van der Waals surface area contributed by atoms with Crippen molar-refractivity contribution in [3.63, 3.8) is 0 Å². The fourth-order valence-corrected chi connectivity index (χ4v) is 3.32. The fraction of sp³-hybridized carbons (Fsp3) is 0.250. The third kappa shape index (κ3) is 3.48. The zero-order valence-corrected chi connectivity index (χ0v) is 15.4. The number of rotatable bonds is 3. The molecule has 3 aromatic rings. The average molecular weight is 366 g/mol. The number of piperazine rings is 1. The highest BCUT2D eigenvalue weighted by atomic mass is 35.5. The van der Waals surface area contributed by atoms with Gasteiger partial charge < -0.3 is 9.80 Å². The lowest BCUT2D eigenvalue weighted by atomic mass is 10.1. The van der Waals surface area contributed by atoms with Crippen molar-refractivity contribution in [3.8, 4) is 11.1 Å². The standard InChI is InChI=1S/C20H20ClN5/c1-15-18(16-5-7-17(21)8-6-16)14-23-20(24-15)26-12-10-25(11-13-26)19-4-2-3-9-22-19/h2-9,14H,10-13H2,1H3. The number of aromatic nitrogens is 3. The van der Waals surface area contributed by atoms with Crippen LogP contribution in [0.1, 0.15) is 5.69 Å². The molecule has 1 saturated heterocycles. The molecule has 0 amide bonds. The van der Waals surface area contributed by atoms with Crippen molar-refractivity contribution in [3.05, 3.63) is 65.6 Å². The lowest BCUT2D eigenvalue weighted by molar-refractivity contribution is 0.634. The van der Waals surface area contributed by atoms with Crippen molar-refractivity contribution in [2.45, 2.75) is 6.92 Å². The van der Waals surface area contributed by atoms with Crippen LogP contribution in [0, 0.1) is 6.92 Å². The number of hydrogen-bond acceptors (Lipinski definition) is 5. The Bertz CT molecular complexity index is 874. The van der Waals surface area contributed by atoms with Gasteiger partial charge in [-0.3, -0.25) is 0 Å². The van der Waals surface area contributed by atoms with Crippen molar-refractivity contribution in [2.75, 3.05) is 36.0 Å². The summed E-state index contributed by atoms with van der Waals surface area (Å²) in [5, 5.41) is 0.731. The normalized spacial score (nSPS) is 14.5. The van der Waals surface area contributed by atoms with Crippen LogP contribution < -0.4 is 9.80 Å². The molecule has 0 unspecified atom stereocenters. The van der Waals surface area contributed by atoms with Gasteiger partial charge in [-0.15, -0.1) is 0 Å². The molecule has 132 valence electrons. The maximum absolute atomic E-state index is 5.98. The van der Waals surface area contributed by atoms with Crippen LogP contribution in [0.25, 0.3) is 11.1 Å². The van der Waals surface area contributed by atoms with Gasteiger partial charge in [-0.25, -0.2) is 15.0 Å². The van der Waals surface area contributed by atoms with E-state index >= 15 is 0 Å². The zero-order valence-electron chi connectivity index (χ0n) is 14.6. The molecule has 3 heterocycles. The molecule has 0 atom stereocenters. The van der Waals surface area contributed by atoms with E-state index in [1.165, 1.54) is 0 Å². The molecule has 0 aliphatic carbocycles. The molecule has 1 fully saturated rings. The molecule has 0 saturated carbocycles. The van der Waals surface area contributed by atoms with E-state index in [9.17, 15) is 0 Å². The van der Waals surface area contributed by atoms with Gasteiger partial charge in [0, 0.05) is 49.2 Å². The zero-order chi connectivity index (χ0) is 17.9. The molecule has 0 N–H and O–H groups in total. The van der Waals surface area contributed by atoms with Crippen molar-refractivity contribution in [2.24, 2.45) is 0 Å². The molecule has 4 rings (SSSR count). The second-order valence-electron chi connectivity index (χ2n) is 6.34. The minimum absolute atomic E-state index is 0.731. The lowest BCUT2D eigenvalue weighted by Gasteiger charge is -2.35. The molecule has 6 heteroatoms. The number of benzene rings is 1. The minimum atomic E-state index is 0.731. The fourth-order valence-electron chi connectivity index (χ4n) is 3.20. The second-order valence-corrected chi connectivity index (χ2v) is 6.77. The summed E-state index contributed by atoms with van der Waals surface area (Å²) in [6.45, 7) is 5.63. The third-order valence-electron chi connectivity index (χ3n) is 4.66. The molecule has 0 spiro atoms. The van der Waals surface area contributed by atoms with E-state index in [0.717, 1.165) is 59.8 Å². The van der Waals surface area contributed by atoms with Crippen LogP contribution in [0.15, 0.2) is 54.9 Å². The number of pyridine rings is 1. The van der Waals surface area contributed by atoms with Crippen LogP contribution in [0.4, 0.5) is 11.8 Å². The van der Waals surface area contributed by atoms with Gasteiger partial charge in [0.15, 0.2) is 0 Å². The maximum atomic E-state index is 5.98. The van der Waals surface area contributed by atoms with Gasteiger partial charge in [-0.2, -0.15) is 0 Å². The first-order chi connectivity index (χ1) is 12.7. The summed E-state index contributed by atoms with van der Waals surface area (Å²) in [5.74, 6) is 1.82. The van der Waals surface area contributed by atoms with Gasteiger partial charge in [0.1, 0.15) is 5.82 Å². The smallest absolute Gasteiger partial charge is 0.225 e. The Morgan fingerprint density at radius 1 is 0.885 bits per heavy atom. The van der Waals surface area contributed by atoms with Crippen molar-refractivity contribution in [1.82, 2.24) is 15.0 Å². The predicted octanol–water partition coefficient (Wildman–Crippen LogP) is 3.83. The minimum Gasteiger partial charge on any atom is -0.353 e. The molecule has 2 aromatic heterocycles. The van der Waals surface area contributed by atoms with E-state index in [-0.39, 0.29) is 0 Å². The Balaban J connectivity index is 1.47. The summed E-state index contributed by atoms with van der Waals surface area (Å²) in [6, 6.07) is 13.8. The van der Waals surface area contributed by atoms with E-state index in [1.807, 2.05) is 55.7 Å². The molecule has 5 nitrogen and oxygen atoms in total. The summed E-state index contributed by atoms with van der Waals surface area (Å²) >= 11 is 5.98. The Kier molecular flexibility index (Phi) is 4.71. The van der Waals surface area contributed by atoms with Crippen LogP contribution in [0.3, 0.4) is 0 Å². The highest BCUT2D eigenvalue weighted by Crippen LogP contribution is 2.25. The third-order valence-corrected chi connectivity index (χ3v) is 4.91. The molecular formula is C20H20ClN5. The molecule has 1 aliphatic heterocycles. The van der Waals surface area contributed by atoms with Gasteiger partial charge in [-0.05, 0) is 36.8 Å². The summed E-state index contributed by atoms with van der Waals surface area (Å²) in [5.41, 5.74) is 3.10. The van der Waals surface area contributed by atoms with Crippen LogP contribution in [0.2, 0.25) is 5.02 Å². The summed E-state index contributed by atoms with van der Waals surface area (Å²) in [7, 11) is 0. The molecule has 1 aliphatic rings. The summed E-state index contributed by atoms with van der Waals surface area (Å²) < 4.78 is 0. The molecule has 0 bridgehead atoms. The monoisotopic (exact) mass is 365 g/mol. The van der Waals surface area contributed by atoms with Gasteiger partial charge in [0.25, 0.3) is 0 Å². The van der Waals surface area contributed by atoms with E-state index in [2.05, 4.69) is 25.8 Å². The first kappa shape index (κ1) is 16.8. The van der Waals surface area contributed by atoms with E-state index in [1.54, 1.807) is 0 Å². The SMILES string of the molecule is Cc1nc(N2CCN(c3ccccn3)CC2)ncc1-c1ccc(Cl)cc1. The summed E-state index contributed by atoms with van der Waals surface area (Å²) in [4.78, 5) is 18.3. The predicted molar refractivity (Wildman–Crippen MR) is 106 cm³/mol. The maximum Gasteiger partial charge on any atom is 0.225 e. The Labute approximate surface area is 158 Å². The molecule has 26 heavy (non-hydrogen) atoms. The van der Waals surface area contributed by atoms with Crippen molar-refractivity contribution < 1.29 is 0 Å². The summed E-state index contributed by atoms with van der Waals surface area (Å²) in [6.07, 6.45) is 3.75.